The van der Waals surface area contributed by atoms with Crippen LogP contribution >= 0.6 is 0 Å². The molecule has 0 atom stereocenters. The zero-order valence-electron chi connectivity index (χ0n) is 8.88. The van der Waals surface area contributed by atoms with Crippen molar-refractivity contribution in [2.45, 2.75) is 0 Å². The number of carboxylic acid groups (broad SMARTS) is 1. The summed E-state index contributed by atoms with van der Waals surface area (Å²) in [5.74, 6) is -0.0259. The quantitative estimate of drug-likeness (QED) is 0.792. The Balaban J connectivity index is 2.29. The fraction of sp³-hybridized carbons (Fsp3) is 0. The molecule has 0 aliphatic rings. The topological polar surface area (TPSA) is 72.5 Å². The summed E-state index contributed by atoms with van der Waals surface area (Å²) in [6, 6.07) is 14.3. The SMILES string of the molecule is Nc1ccc(Oc2cc[c]cc2)cc1C(=O)O. The highest BCUT2D eigenvalue weighted by molar-refractivity contribution is 5.94. The smallest absolute Gasteiger partial charge is 0.337 e. The molecule has 1 radical (unpaired) electrons. The van der Waals surface area contributed by atoms with Crippen molar-refractivity contribution in [1.29, 1.82) is 0 Å². The molecule has 0 unspecified atom stereocenters. The van der Waals surface area contributed by atoms with Gasteiger partial charge in [-0.1, -0.05) is 12.1 Å². The first-order valence-electron chi connectivity index (χ1n) is 4.93. The van der Waals surface area contributed by atoms with Crippen molar-refractivity contribution < 1.29 is 14.6 Å². The van der Waals surface area contributed by atoms with Gasteiger partial charge in [0.1, 0.15) is 11.5 Å². The first-order valence-corrected chi connectivity index (χ1v) is 4.93. The van der Waals surface area contributed by atoms with Gasteiger partial charge in [0.25, 0.3) is 0 Å². The fourth-order valence-corrected chi connectivity index (χ4v) is 1.36. The number of carboxylic acids is 1. The zero-order valence-corrected chi connectivity index (χ0v) is 8.88. The lowest BCUT2D eigenvalue weighted by Crippen LogP contribution is -2.02. The Bertz CT molecular complexity index is 538. The number of nitrogens with two attached hydrogens (primary N) is 1. The minimum absolute atomic E-state index is 0.0324. The van der Waals surface area contributed by atoms with Crippen molar-refractivity contribution in [3.63, 3.8) is 0 Å². The minimum Gasteiger partial charge on any atom is -0.478 e. The Kier molecular flexibility index (Phi) is 2.96. The molecule has 2 aromatic carbocycles. The van der Waals surface area contributed by atoms with E-state index in [1.165, 1.54) is 12.1 Å². The van der Waals surface area contributed by atoms with Crippen LogP contribution in [0.5, 0.6) is 11.5 Å². The second kappa shape index (κ2) is 4.57. The van der Waals surface area contributed by atoms with Crippen molar-refractivity contribution in [2.24, 2.45) is 0 Å². The van der Waals surface area contributed by atoms with E-state index in [2.05, 4.69) is 6.07 Å². The number of carbonyl (C=O) groups is 1. The maximum absolute atomic E-state index is 10.9. The molecule has 2 aromatic rings. The maximum Gasteiger partial charge on any atom is 0.337 e. The summed E-state index contributed by atoms with van der Waals surface area (Å²) < 4.78 is 5.49. The van der Waals surface area contributed by atoms with Gasteiger partial charge >= 0.3 is 5.97 Å². The first-order chi connectivity index (χ1) is 8.16. The maximum atomic E-state index is 10.9. The van der Waals surface area contributed by atoms with Crippen LogP contribution in [0.25, 0.3) is 0 Å². The predicted octanol–water partition coefficient (Wildman–Crippen LogP) is 2.56. The summed E-state index contributed by atoms with van der Waals surface area (Å²) >= 11 is 0. The van der Waals surface area contributed by atoms with Crippen molar-refractivity contribution in [3.8, 4) is 11.5 Å². The number of hydrogen-bond donors (Lipinski definition) is 2. The summed E-state index contributed by atoms with van der Waals surface area (Å²) in [7, 11) is 0. The number of ether oxygens (including phenoxy) is 1. The Labute approximate surface area is 98.3 Å². The molecule has 17 heavy (non-hydrogen) atoms. The van der Waals surface area contributed by atoms with E-state index in [4.69, 9.17) is 15.6 Å². The Morgan fingerprint density at radius 2 is 1.88 bits per heavy atom. The molecule has 0 bridgehead atoms. The summed E-state index contributed by atoms with van der Waals surface area (Å²) in [4.78, 5) is 10.9. The summed E-state index contributed by atoms with van der Waals surface area (Å²) in [5, 5.41) is 8.92. The molecule has 0 amide bonds. The number of benzene rings is 2. The van der Waals surface area contributed by atoms with E-state index in [0.29, 0.717) is 11.5 Å². The fourth-order valence-electron chi connectivity index (χ4n) is 1.36. The highest BCUT2D eigenvalue weighted by atomic mass is 16.5. The Morgan fingerprint density at radius 3 is 2.53 bits per heavy atom. The standard InChI is InChI=1S/C13H10NO3/c14-12-7-6-10(8-11(12)13(15)16)17-9-4-2-1-3-5-9/h2-8H,14H2,(H,15,16). The normalized spacial score (nSPS) is 9.88. The van der Waals surface area contributed by atoms with Gasteiger partial charge in [0.2, 0.25) is 0 Å². The van der Waals surface area contributed by atoms with Gasteiger partial charge in [-0.2, -0.15) is 0 Å². The second-order valence-electron chi connectivity index (χ2n) is 3.39. The van der Waals surface area contributed by atoms with E-state index in [1.807, 2.05) is 0 Å². The van der Waals surface area contributed by atoms with E-state index in [-0.39, 0.29) is 11.3 Å². The third kappa shape index (κ3) is 2.55. The van der Waals surface area contributed by atoms with Gasteiger partial charge in [0.15, 0.2) is 0 Å². The molecular weight excluding hydrogens is 218 g/mol. The largest absolute Gasteiger partial charge is 0.478 e. The molecule has 0 heterocycles. The lowest BCUT2D eigenvalue weighted by Gasteiger charge is -2.07. The van der Waals surface area contributed by atoms with Gasteiger partial charge in [-0.05, 0) is 36.4 Å². The second-order valence-corrected chi connectivity index (χ2v) is 3.39. The molecule has 4 nitrogen and oxygen atoms in total. The predicted molar refractivity (Wildman–Crippen MR) is 63.2 cm³/mol. The average Bonchev–Trinajstić information content (AvgIpc) is 2.32. The van der Waals surface area contributed by atoms with Gasteiger partial charge < -0.3 is 15.6 Å². The number of anilines is 1. The molecule has 2 rings (SSSR count). The number of aromatic carboxylic acids is 1. The number of hydrogen-bond acceptors (Lipinski definition) is 3. The van der Waals surface area contributed by atoms with Crippen LogP contribution in [-0.4, -0.2) is 11.1 Å². The van der Waals surface area contributed by atoms with Crippen molar-refractivity contribution in [3.05, 3.63) is 54.1 Å². The average molecular weight is 228 g/mol. The van der Waals surface area contributed by atoms with Crippen LogP contribution in [0.15, 0.2) is 42.5 Å². The molecule has 4 heteroatoms. The summed E-state index contributed by atoms with van der Waals surface area (Å²) in [6.07, 6.45) is 0. The van der Waals surface area contributed by atoms with Crippen LogP contribution < -0.4 is 10.5 Å². The Morgan fingerprint density at radius 1 is 1.18 bits per heavy atom. The van der Waals surface area contributed by atoms with Crippen LogP contribution in [0.4, 0.5) is 5.69 Å². The van der Waals surface area contributed by atoms with Crippen LogP contribution in [0.3, 0.4) is 0 Å². The van der Waals surface area contributed by atoms with Gasteiger partial charge in [-0.25, -0.2) is 4.79 Å². The molecule has 85 valence electrons. The molecule has 0 saturated heterocycles. The third-order valence-electron chi connectivity index (χ3n) is 2.18. The lowest BCUT2D eigenvalue weighted by molar-refractivity contribution is 0.0697. The van der Waals surface area contributed by atoms with Crippen molar-refractivity contribution in [1.82, 2.24) is 0 Å². The first kappa shape index (κ1) is 11.0. The molecule has 3 N–H and O–H groups in total. The van der Waals surface area contributed by atoms with Gasteiger partial charge in [-0.3, -0.25) is 0 Å². The highest BCUT2D eigenvalue weighted by Gasteiger charge is 2.09. The van der Waals surface area contributed by atoms with E-state index in [9.17, 15) is 4.79 Å². The molecule has 0 aliphatic heterocycles. The Hall–Kier alpha value is -2.49. The molecule has 0 aromatic heterocycles. The van der Waals surface area contributed by atoms with Crippen LogP contribution in [0.1, 0.15) is 10.4 Å². The number of nitrogen functional groups attached to an aromatic ring is 1. The van der Waals surface area contributed by atoms with Gasteiger partial charge in [0.05, 0.1) is 5.56 Å². The summed E-state index contributed by atoms with van der Waals surface area (Å²) in [5.41, 5.74) is 5.79. The zero-order chi connectivity index (χ0) is 12.3. The minimum atomic E-state index is -1.07. The highest BCUT2D eigenvalue weighted by Crippen LogP contribution is 2.24. The molecular formula is C13H10NO3. The lowest BCUT2D eigenvalue weighted by atomic mass is 10.2. The molecule has 0 fully saturated rings. The molecule has 0 spiro atoms. The van der Waals surface area contributed by atoms with E-state index >= 15 is 0 Å². The van der Waals surface area contributed by atoms with Crippen molar-refractivity contribution >= 4 is 11.7 Å². The summed E-state index contributed by atoms with van der Waals surface area (Å²) in [6.45, 7) is 0. The third-order valence-corrected chi connectivity index (χ3v) is 2.18. The van der Waals surface area contributed by atoms with E-state index in [0.717, 1.165) is 0 Å². The van der Waals surface area contributed by atoms with E-state index < -0.39 is 5.97 Å². The van der Waals surface area contributed by atoms with E-state index in [1.54, 1.807) is 30.3 Å². The molecule has 0 saturated carbocycles. The molecule has 0 aliphatic carbocycles. The van der Waals surface area contributed by atoms with Gasteiger partial charge in [0, 0.05) is 5.69 Å². The van der Waals surface area contributed by atoms with Crippen LogP contribution in [-0.2, 0) is 0 Å². The monoisotopic (exact) mass is 228 g/mol. The van der Waals surface area contributed by atoms with Crippen molar-refractivity contribution in [2.75, 3.05) is 5.73 Å². The van der Waals surface area contributed by atoms with Crippen LogP contribution in [0, 0.1) is 6.07 Å². The van der Waals surface area contributed by atoms with Crippen LogP contribution in [0.2, 0.25) is 0 Å². The van der Waals surface area contributed by atoms with Gasteiger partial charge in [-0.15, -0.1) is 0 Å². The number of rotatable bonds is 3.